The number of carbonyl (C=O) groups is 3. The molecule has 4 amide bonds. The lowest BCUT2D eigenvalue weighted by molar-refractivity contribution is -0.138. The highest BCUT2D eigenvalue weighted by atomic mass is 16.3. The van der Waals surface area contributed by atoms with Crippen molar-refractivity contribution in [1.82, 2.24) is 26.0 Å². The number of nitrogens with zero attached hydrogens (tertiary/aromatic N) is 2. The van der Waals surface area contributed by atoms with Gasteiger partial charge in [-0.3, -0.25) is 14.9 Å². The van der Waals surface area contributed by atoms with Gasteiger partial charge in [0, 0.05) is 11.3 Å². The van der Waals surface area contributed by atoms with Crippen molar-refractivity contribution < 1.29 is 19.5 Å². The third kappa shape index (κ3) is 3.01. The van der Waals surface area contributed by atoms with E-state index in [0.717, 1.165) is 0 Å². The molecule has 23 heavy (non-hydrogen) atoms. The molecule has 1 aromatic carbocycles. The highest BCUT2D eigenvalue weighted by Crippen LogP contribution is 2.20. The minimum Gasteiger partial charge on any atom is -0.372 e. The Morgan fingerprint density at radius 1 is 1.30 bits per heavy atom. The molecular formula is C13H12N6O4. The second-order valence-electron chi connectivity index (χ2n) is 4.81. The smallest absolute Gasteiger partial charge is 0.323 e. The SMILES string of the molecule is O=C1NC(=O)C(C(=O)Nc2cccc(-c3cn[nH]n3)c2)C(O)N1. The number of carbonyl (C=O) groups excluding carboxylic acids is 3. The van der Waals surface area contributed by atoms with Gasteiger partial charge >= 0.3 is 6.03 Å². The number of imide groups is 1. The molecule has 2 unspecified atom stereocenters. The van der Waals surface area contributed by atoms with Crippen molar-refractivity contribution in [2.24, 2.45) is 5.92 Å². The molecule has 5 N–H and O–H groups in total. The number of hydrogen-bond donors (Lipinski definition) is 5. The molecule has 0 radical (unpaired) electrons. The van der Waals surface area contributed by atoms with Gasteiger partial charge in [-0.15, -0.1) is 0 Å². The number of aromatic amines is 1. The third-order valence-electron chi connectivity index (χ3n) is 3.24. The van der Waals surface area contributed by atoms with Gasteiger partial charge in [-0.1, -0.05) is 12.1 Å². The van der Waals surface area contributed by atoms with Gasteiger partial charge < -0.3 is 15.7 Å². The van der Waals surface area contributed by atoms with Crippen LogP contribution in [0.3, 0.4) is 0 Å². The van der Waals surface area contributed by atoms with Gasteiger partial charge in [0.1, 0.15) is 11.9 Å². The van der Waals surface area contributed by atoms with Crippen molar-refractivity contribution in [2.75, 3.05) is 5.32 Å². The zero-order valence-corrected chi connectivity index (χ0v) is 11.6. The van der Waals surface area contributed by atoms with Gasteiger partial charge in [-0.25, -0.2) is 4.79 Å². The second kappa shape index (κ2) is 5.85. The lowest BCUT2D eigenvalue weighted by Crippen LogP contribution is -2.61. The molecule has 118 valence electrons. The fourth-order valence-corrected chi connectivity index (χ4v) is 2.17. The van der Waals surface area contributed by atoms with Crippen LogP contribution in [0.1, 0.15) is 0 Å². The van der Waals surface area contributed by atoms with Gasteiger partial charge in [0.25, 0.3) is 0 Å². The summed E-state index contributed by atoms with van der Waals surface area (Å²) in [7, 11) is 0. The van der Waals surface area contributed by atoms with Crippen LogP contribution in [0.15, 0.2) is 30.5 Å². The van der Waals surface area contributed by atoms with Crippen LogP contribution in [-0.4, -0.2) is 44.6 Å². The maximum atomic E-state index is 12.2. The zero-order valence-electron chi connectivity index (χ0n) is 11.6. The Morgan fingerprint density at radius 2 is 2.13 bits per heavy atom. The fraction of sp³-hybridized carbons (Fsp3) is 0.154. The first kappa shape index (κ1) is 14.7. The molecule has 1 saturated heterocycles. The van der Waals surface area contributed by atoms with Crippen LogP contribution in [-0.2, 0) is 9.59 Å². The van der Waals surface area contributed by atoms with Gasteiger partial charge in [0.2, 0.25) is 11.8 Å². The fourth-order valence-electron chi connectivity index (χ4n) is 2.17. The Hall–Kier alpha value is -3.27. The number of nitrogens with one attached hydrogen (secondary N) is 4. The number of aliphatic hydroxyl groups excluding tert-OH is 1. The summed E-state index contributed by atoms with van der Waals surface area (Å²) < 4.78 is 0. The van der Waals surface area contributed by atoms with Gasteiger partial charge in [-0.05, 0) is 12.1 Å². The standard InChI is InChI=1S/C13H12N6O4/c20-10(9-11(21)16-13(23)17-12(9)22)15-7-3-1-2-6(4-7)8-5-14-19-18-8/h1-5,9,11,21H,(H,15,20)(H,14,18,19)(H2,16,17,22,23). The summed E-state index contributed by atoms with van der Waals surface area (Å²) in [4.78, 5) is 34.9. The minimum absolute atomic E-state index is 0.410. The number of anilines is 1. The first-order chi connectivity index (χ1) is 11.0. The van der Waals surface area contributed by atoms with E-state index in [0.29, 0.717) is 16.9 Å². The second-order valence-corrected chi connectivity index (χ2v) is 4.81. The molecule has 2 aromatic rings. The van der Waals surface area contributed by atoms with Gasteiger partial charge in [0.05, 0.1) is 6.20 Å². The normalized spacial score (nSPS) is 20.6. The molecule has 2 heterocycles. The molecule has 0 bridgehead atoms. The van der Waals surface area contributed by atoms with E-state index in [2.05, 4.69) is 26.0 Å². The zero-order chi connectivity index (χ0) is 16.4. The number of amides is 4. The highest BCUT2D eigenvalue weighted by Gasteiger charge is 2.39. The Labute approximate surface area is 129 Å². The number of hydrogen-bond acceptors (Lipinski definition) is 6. The van der Waals surface area contributed by atoms with Crippen molar-refractivity contribution in [3.05, 3.63) is 30.5 Å². The third-order valence-corrected chi connectivity index (χ3v) is 3.24. The van der Waals surface area contributed by atoms with Crippen LogP contribution in [0.2, 0.25) is 0 Å². The van der Waals surface area contributed by atoms with Crippen molar-refractivity contribution >= 4 is 23.5 Å². The van der Waals surface area contributed by atoms with Crippen LogP contribution in [0.25, 0.3) is 11.3 Å². The van der Waals surface area contributed by atoms with Gasteiger partial charge in [-0.2, -0.15) is 15.4 Å². The van der Waals surface area contributed by atoms with E-state index in [4.69, 9.17) is 0 Å². The Morgan fingerprint density at radius 3 is 2.83 bits per heavy atom. The van der Waals surface area contributed by atoms with Crippen molar-refractivity contribution in [3.8, 4) is 11.3 Å². The van der Waals surface area contributed by atoms with E-state index in [-0.39, 0.29) is 0 Å². The van der Waals surface area contributed by atoms with E-state index < -0.39 is 30.0 Å². The van der Waals surface area contributed by atoms with Crippen molar-refractivity contribution in [2.45, 2.75) is 6.23 Å². The van der Waals surface area contributed by atoms with Crippen LogP contribution in [0.4, 0.5) is 10.5 Å². The molecule has 1 aliphatic heterocycles. The average molecular weight is 316 g/mol. The molecule has 1 aromatic heterocycles. The van der Waals surface area contributed by atoms with Crippen LogP contribution < -0.4 is 16.0 Å². The van der Waals surface area contributed by atoms with E-state index in [9.17, 15) is 19.5 Å². The Bertz CT molecular complexity index is 760. The monoisotopic (exact) mass is 316 g/mol. The largest absolute Gasteiger partial charge is 0.372 e. The lowest BCUT2D eigenvalue weighted by Gasteiger charge is -2.26. The molecule has 10 nitrogen and oxygen atoms in total. The van der Waals surface area contributed by atoms with E-state index in [1.165, 1.54) is 6.20 Å². The first-order valence-corrected chi connectivity index (χ1v) is 6.61. The number of aromatic nitrogens is 3. The maximum absolute atomic E-state index is 12.2. The van der Waals surface area contributed by atoms with Crippen LogP contribution >= 0.6 is 0 Å². The van der Waals surface area contributed by atoms with Crippen LogP contribution in [0, 0.1) is 5.92 Å². The summed E-state index contributed by atoms with van der Waals surface area (Å²) in [6.45, 7) is 0. The molecule has 1 aliphatic rings. The highest BCUT2D eigenvalue weighted by molar-refractivity contribution is 6.12. The summed E-state index contributed by atoms with van der Waals surface area (Å²) in [6.07, 6.45) is -0.0654. The van der Waals surface area contributed by atoms with Gasteiger partial charge in [0.15, 0.2) is 5.92 Å². The molecule has 0 aliphatic carbocycles. The number of urea groups is 1. The molecule has 2 atom stereocenters. The molecular weight excluding hydrogens is 304 g/mol. The van der Waals surface area contributed by atoms with Crippen molar-refractivity contribution in [3.63, 3.8) is 0 Å². The number of rotatable bonds is 3. The summed E-state index contributed by atoms with van der Waals surface area (Å²) in [6, 6.07) is 5.88. The molecule has 1 fully saturated rings. The minimum atomic E-state index is -1.59. The quantitative estimate of drug-likeness (QED) is 0.467. The van der Waals surface area contributed by atoms with Crippen molar-refractivity contribution in [1.29, 1.82) is 0 Å². The molecule has 10 heteroatoms. The van der Waals surface area contributed by atoms with E-state index in [1.807, 2.05) is 5.32 Å². The maximum Gasteiger partial charge on any atom is 0.323 e. The number of H-pyrrole nitrogens is 1. The molecule has 3 rings (SSSR count). The predicted octanol–water partition coefficient (Wildman–Crippen LogP) is -0.816. The predicted molar refractivity (Wildman–Crippen MR) is 76.6 cm³/mol. The average Bonchev–Trinajstić information content (AvgIpc) is 3.00. The Kier molecular flexibility index (Phi) is 3.73. The Balaban J connectivity index is 1.77. The molecule has 0 spiro atoms. The van der Waals surface area contributed by atoms with E-state index >= 15 is 0 Å². The number of benzene rings is 1. The summed E-state index contributed by atoms with van der Waals surface area (Å²) >= 11 is 0. The molecule has 0 saturated carbocycles. The summed E-state index contributed by atoms with van der Waals surface area (Å²) in [5.41, 5.74) is 1.70. The van der Waals surface area contributed by atoms with E-state index in [1.54, 1.807) is 24.3 Å². The first-order valence-electron chi connectivity index (χ1n) is 6.61. The van der Waals surface area contributed by atoms with Crippen LogP contribution in [0.5, 0.6) is 0 Å². The topological polar surface area (TPSA) is 149 Å². The number of aliphatic hydroxyl groups is 1. The summed E-state index contributed by atoms with van der Waals surface area (Å²) in [5.74, 6) is -3.05. The summed E-state index contributed by atoms with van der Waals surface area (Å²) in [5, 5.41) is 26.3. The lowest BCUT2D eigenvalue weighted by atomic mass is 10.0.